The largest absolute Gasteiger partial charge is 0.379 e. The molecule has 2 N–H and O–H groups in total. The number of nitrogens with one attached hydrogen (secondary N) is 1. The Hall–Kier alpha value is -1.14. The predicted octanol–water partition coefficient (Wildman–Crippen LogP) is 0.742. The molecular weight excluding hydrogens is 306 g/mol. The normalized spacial score (nSPS) is 30.5. The number of rotatable bonds is 5. The third-order valence-corrected chi connectivity index (χ3v) is 5.84. The highest BCUT2D eigenvalue weighted by atomic mass is 16.3. The highest BCUT2D eigenvalue weighted by Gasteiger charge is 2.43. The van der Waals surface area contributed by atoms with Crippen molar-refractivity contribution >= 4 is 11.8 Å². The Labute approximate surface area is 144 Å². The van der Waals surface area contributed by atoms with E-state index < -0.39 is 5.60 Å². The first-order chi connectivity index (χ1) is 11.6. The van der Waals surface area contributed by atoms with E-state index in [9.17, 15) is 14.7 Å². The molecule has 1 aliphatic carbocycles. The Balaban J connectivity index is 1.53. The summed E-state index contributed by atoms with van der Waals surface area (Å²) in [5, 5.41) is 13.7. The minimum Gasteiger partial charge on any atom is -0.379 e. The summed E-state index contributed by atoms with van der Waals surface area (Å²) in [5.74, 6) is 0.588. The average molecular weight is 337 g/mol. The fourth-order valence-corrected chi connectivity index (χ4v) is 4.44. The zero-order valence-corrected chi connectivity index (χ0v) is 14.6. The molecule has 1 saturated carbocycles. The van der Waals surface area contributed by atoms with Gasteiger partial charge in [-0.15, -0.1) is 0 Å². The Kier molecular flexibility index (Phi) is 5.76. The van der Waals surface area contributed by atoms with Gasteiger partial charge in [0.05, 0.1) is 6.54 Å². The molecule has 3 fully saturated rings. The van der Waals surface area contributed by atoms with Crippen molar-refractivity contribution in [2.45, 2.75) is 57.0 Å². The molecule has 3 aliphatic rings. The highest BCUT2D eigenvalue weighted by Crippen LogP contribution is 2.29. The second-order valence-corrected chi connectivity index (χ2v) is 7.78. The zero-order chi connectivity index (χ0) is 17.0. The lowest BCUT2D eigenvalue weighted by Gasteiger charge is -2.41. The van der Waals surface area contributed by atoms with Gasteiger partial charge in [-0.1, -0.05) is 32.1 Å². The minimum atomic E-state index is -1.32. The van der Waals surface area contributed by atoms with Crippen LogP contribution in [0.5, 0.6) is 0 Å². The van der Waals surface area contributed by atoms with Gasteiger partial charge < -0.3 is 15.3 Å². The maximum Gasteiger partial charge on any atom is 0.255 e. The van der Waals surface area contributed by atoms with Crippen molar-refractivity contribution in [2.24, 2.45) is 5.92 Å². The van der Waals surface area contributed by atoms with Gasteiger partial charge in [-0.2, -0.15) is 0 Å². The zero-order valence-electron chi connectivity index (χ0n) is 14.6. The number of nitrogens with zero attached hydrogens (tertiary/aromatic N) is 2. The van der Waals surface area contributed by atoms with Gasteiger partial charge in [0, 0.05) is 32.7 Å². The van der Waals surface area contributed by atoms with Crippen LogP contribution in [0.3, 0.4) is 0 Å². The lowest BCUT2D eigenvalue weighted by molar-refractivity contribution is -0.160. The lowest BCUT2D eigenvalue weighted by atomic mass is 9.86. The first-order valence-corrected chi connectivity index (χ1v) is 9.58. The van der Waals surface area contributed by atoms with Gasteiger partial charge in [0.15, 0.2) is 5.60 Å². The number of aliphatic hydroxyl groups is 1. The fourth-order valence-electron chi connectivity index (χ4n) is 4.44. The quantitative estimate of drug-likeness (QED) is 0.776. The molecule has 0 aromatic rings. The number of carbonyl (C=O) groups is 2. The molecule has 136 valence electrons. The van der Waals surface area contributed by atoms with Crippen LogP contribution in [0.15, 0.2) is 0 Å². The molecule has 0 aromatic heterocycles. The Morgan fingerprint density at radius 2 is 1.92 bits per heavy atom. The first-order valence-electron chi connectivity index (χ1n) is 9.58. The number of likely N-dealkylation sites (tertiary alicyclic amines) is 1. The summed E-state index contributed by atoms with van der Waals surface area (Å²) in [4.78, 5) is 28.1. The topological polar surface area (TPSA) is 72.9 Å². The minimum absolute atomic E-state index is 0.0257. The van der Waals surface area contributed by atoms with E-state index in [4.69, 9.17) is 0 Å². The van der Waals surface area contributed by atoms with Crippen molar-refractivity contribution in [1.29, 1.82) is 0 Å². The molecular formula is C18H31N3O3. The smallest absolute Gasteiger partial charge is 0.255 e. The van der Waals surface area contributed by atoms with Crippen LogP contribution in [-0.2, 0) is 9.59 Å². The lowest BCUT2D eigenvalue weighted by Crippen LogP contribution is -2.61. The molecule has 6 heteroatoms. The Bertz CT molecular complexity index is 464. The van der Waals surface area contributed by atoms with Crippen molar-refractivity contribution in [2.75, 3.05) is 39.3 Å². The van der Waals surface area contributed by atoms with Crippen LogP contribution in [0.2, 0.25) is 0 Å². The van der Waals surface area contributed by atoms with Crippen LogP contribution in [0, 0.1) is 5.92 Å². The molecule has 0 bridgehead atoms. The molecule has 24 heavy (non-hydrogen) atoms. The number of β-amino-alcohol motifs (C(OH)–C–C–N with tert-alkyl or cyclic N) is 1. The van der Waals surface area contributed by atoms with E-state index >= 15 is 0 Å². The number of piperidine rings is 1. The molecule has 1 atom stereocenters. The van der Waals surface area contributed by atoms with E-state index in [1.165, 1.54) is 32.1 Å². The first kappa shape index (κ1) is 17.7. The average Bonchev–Trinajstić information content (AvgIpc) is 2.57. The maximum atomic E-state index is 12.8. The summed E-state index contributed by atoms with van der Waals surface area (Å²) in [6.45, 7) is 3.37. The summed E-state index contributed by atoms with van der Waals surface area (Å²) >= 11 is 0. The summed E-state index contributed by atoms with van der Waals surface area (Å²) < 4.78 is 0. The van der Waals surface area contributed by atoms with Crippen LogP contribution in [-0.4, -0.2) is 71.6 Å². The summed E-state index contributed by atoms with van der Waals surface area (Å²) in [6, 6.07) is 0. The van der Waals surface area contributed by atoms with E-state index in [1.54, 1.807) is 0 Å². The van der Waals surface area contributed by atoms with Gasteiger partial charge in [-0.25, -0.2) is 0 Å². The van der Waals surface area contributed by atoms with Gasteiger partial charge in [-0.05, 0) is 25.2 Å². The highest BCUT2D eigenvalue weighted by molar-refractivity contribution is 5.86. The van der Waals surface area contributed by atoms with E-state index in [1.807, 2.05) is 9.80 Å². The number of amides is 2. The summed E-state index contributed by atoms with van der Waals surface area (Å²) in [5.41, 5.74) is -1.32. The number of carbonyl (C=O) groups excluding carboxylic acids is 2. The van der Waals surface area contributed by atoms with Crippen LogP contribution in [0.25, 0.3) is 0 Å². The van der Waals surface area contributed by atoms with E-state index in [2.05, 4.69) is 5.32 Å². The molecule has 3 rings (SSSR count). The van der Waals surface area contributed by atoms with Crippen molar-refractivity contribution in [3.05, 3.63) is 0 Å². The van der Waals surface area contributed by atoms with E-state index in [0.29, 0.717) is 19.5 Å². The third-order valence-electron chi connectivity index (χ3n) is 5.84. The molecule has 0 radical (unpaired) electrons. The van der Waals surface area contributed by atoms with Crippen LogP contribution < -0.4 is 5.32 Å². The van der Waals surface area contributed by atoms with Crippen LogP contribution in [0.4, 0.5) is 0 Å². The summed E-state index contributed by atoms with van der Waals surface area (Å²) in [6.07, 6.45) is 8.97. The maximum absolute atomic E-state index is 12.8. The molecule has 2 saturated heterocycles. The second kappa shape index (κ2) is 7.83. The number of hydrogen-bond donors (Lipinski definition) is 2. The molecule has 2 amide bonds. The SMILES string of the molecule is O=C1CN(CC2(O)CCCN(CCC3CCCCC3)C2=O)CCN1. The van der Waals surface area contributed by atoms with E-state index in [0.717, 1.165) is 31.8 Å². The molecule has 2 heterocycles. The van der Waals surface area contributed by atoms with Crippen LogP contribution in [0.1, 0.15) is 51.4 Å². The van der Waals surface area contributed by atoms with Gasteiger partial charge in [0.2, 0.25) is 5.91 Å². The molecule has 6 nitrogen and oxygen atoms in total. The number of hydrogen-bond acceptors (Lipinski definition) is 4. The monoisotopic (exact) mass is 337 g/mol. The van der Waals surface area contributed by atoms with Gasteiger partial charge in [0.1, 0.15) is 0 Å². The Morgan fingerprint density at radius 3 is 2.67 bits per heavy atom. The predicted molar refractivity (Wildman–Crippen MR) is 91.4 cm³/mol. The van der Waals surface area contributed by atoms with Crippen molar-refractivity contribution < 1.29 is 14.7 Å². The van der Waals surface area contributed by atoms with Crippen molar-refractivity contribution in [3.63, 3.8) is 0 Å². The molecule has 0 aromatic carbocycles. The molecule has 2 aliphatic heterocycles. The summed E-state index contributed by atoms with van der Waals surface area (Å²) in [7, 11) is 0. The van der Waals surface area contributed by atoms with Gasteiger partial charge in [0.25, 0.3) is 5.91 Å². The fraction of sp³-hybridized carbons (Fsp3) is 0.889. The van der Waals surface area contributed by atoms with E-state index in [-0.39, 0.29) is 24.9 Å². The van der Waals surface area contributed by atoms with Crippen LogP contribution >= 0.6 is 0 Å². The van der Waals surface area contributed by atoms with Crippen molar-refractivity contribution in [3.8, 4) is 0 Å². The third kappa shape index (κ3) is 4.28. The molecule has 0 spiro atoms. The molecule has 1 unspecified atom stereocenters. The van der Waals surface area contributed by atoms with Gasteiger partial charge >= 0.3 is 0 Å². The second-order valence-electron chi connectivity index (χ2n) is 7.78. The standard InChI is InChI=1S/C18H31N3O3/c22-16-13-20(12-9-19-16)14-18(24)8-4-10-21(17(18)23)11-7-15-5-2-1-3-6-15/h15,24H,1-14H2,(H,19,22). The van der Waals surface area contributed by atoms with Gasteiger partial charge in [-0.3, -0.25) is 14.5 Å². The Morgan fingerprint density at radius 1 is 1.12 bits per heavy atom. The van der Waals surface area contributed by atoms with Crippen molar-refractivity contribution in [1.82, 2.24) is 15.1 Å². The number of piperazine rings is 1.